The van der Waals surface area contributed by atoms with Crippen molar-refractivity contribution in [3.05, 3.63) is 28.2 Å². The highest BCUT2D eigenvalue weighted by molar-refractivity contribution is 9.10. The third kappa shape index (κ3) is 3.72. The molecule has 0 spiro atoms. The summed E-state index contributed by atoms with van der Waals surface area (Å²) in [5, 5.41) is 0. The molecule has 0 unspecified atom stereocenters. The molecule has 0 heterocycles. The molecular formula is C10H10BrClO3. The number of carbonyl (C=O) groups excluding carboxylic acids is 1. The van der Waals surface area contributed by atoms with E-state index in [1.165, 1.54) is 7.11 Å². The second-order valence-corrected chi connectivity index (χ2v) is 4.00. The lowest BCUT2D eigenvalue weighted by molar-refractivity contribution is 0.0600. The van der Waals surface area contributed by atoms with Crippen LogP contribution in [0.4, 0.5) is 0 Å². The fraction of sp³-hybridized carbons (Fsp3) is 0.300. The van der Waals surface area contributed by atoms with Crippen molar-refractivity contribution in [1.82, 2.24) is 0 Å². The van der Waals surface area contributed by atoms with Crippen molar-refractivity contribution in [3.63, 3.8) is 0 Å². The van der Waals surface area contributed by atoms with E-state index in [2.05, 4.69) is 20.7 Å². The van der Waals surface area contributed by atoms with Crippen LogP contribution in [0.15, 0.2) is 22.7 Å². The Hall–Kier alpha value is -0.740. The van der Waals surface area contributed by atoms with Crippen molar-refractivity contribution < 1.29 is 14.3 Å². The lowest BCUT2D eigenvalue weighted by atomic mass is 10.2. The van der Waals surface area contributed by atoms with E-state index in [-0.39, 0.29) is 0 Å². The number of hydrogen-bond acceptors (Lipinski definition) is 3. The molecule has 0 fully saturated rings. The summed E-state index contributed by atoms with van der Waals surface area (Å²) in [4.78, 5) is 11.3. The predicted octanol–water partition coefficient (Wildman–Crippen LogP) is 2.85. The van der Waals surface area contributed by atoms with Crippen LogP contribution in [-0.4, -0.2) is 25.6 Å². The minimum atomic E-state index is -0.396. The maximum atomic E-state index is 11.3. The highest BCUT2D eigenvalue weighted by Gasteiger charge is 2.08. The zero-order valence-electron chi connectivity index (χ0n) is 8.13. The fourth-order valence-corrected chi connectivity index (χ4v) is 1.59. The number of alkyl halides is 1. The van der Waals surface area contributed by atoms with E-state index in [0.29, 0.717) is 23.8 Å². The molecule has 0 atom stereocenters. The summed E-state index contributed by atoms with van der Waals surface area (Å²) in [6.45, 7) is 0.401. The molecule has 1 aromatic carbocycles. The van der Waals surface area contributed by atoms with Crippen LogP contribution >= 0.6 is 27.5 Å². The number of halogens is 2. The molecule has 0 bridgehead atoms. The van der Waals surface area contributed by atoms with Crippen LogP contribution in [0.25, 0.3) is 0 Å². The summed E-state index contributed by atoms with van der Waals surface area (Å²) in [6.07, 6.45) is 0. The molecule has 0 amide bonds. The number of hydrogen-bond donors (Lipinski definition) is 0. The first-order chi connectivity index (χ1) is 7.17. The highest BCUT2D eigenvalue weighted by Crippen LogP contribution is 2.22. The number of carbonyl (C=O) groups is 1. The van der Waals surface area contributed by atoms with Crippen LogP contribution in [0.3, 0.4) is 0 Å². The Labute approximate surface area is 101 Å². The number of benzene rings is 1. The smallest absolute Gasteiger partial charge is 0.338 e. The predicted molar refractivity (Wildman–Crippen MR) is 61.7 cm³/mol. The van der Waals surface area contributed by atoms with Gasteiger partial charge in [0.25, 0.3) is 0 Å². The number of methoxy groups -OCH3 is 1. The highest BCUT2D eigenvalue weighted by atomic mass is 79.9. The molecule has 0 saturated heterocycles. The Bertz CT molecular complexity index is 355. The van der Waals surface area contributed by atoms with Crippen LogP contribution in [0.2, 0.25) is 0 Å². The quantitative estimate of drug-likeness (QED) is 0.632. The maximum absolute atomic E-state index is 11.3. The van der Waals surface area contributed by atoms with Crippen molar-refractivity contribution in [2.75, 3.05) is 19.6 Å². The van der Waals surface area contributed by atoms with Crippen LogP contribution in [0.5, 0.6) is 5.75 Å². The average molecular weight is 294 g/mol. The Kier molecular flexibility index (Phi) is 4.91. The standard InChI is InChI=1S/C10H10BrClO3/c1-14-10(13)7-4-8(11)6-9(5-7)15-3-2-12/h4-6H,2-3H2,1H3. The molecule has 0 aromatic heterocycles. The third-order valence-corrected chi connectivity index (χ3v) is 2.25. The van der Waals surface area contributed by atoms with Gasteiger partial charge in [0.15, 0.2) is 0 Å². The zero-order chi connectivity index (χ0) is 11.3. The summed E-state index contributed by atoms with van der Waals surface area (Å²) in [5.41, 5.74) is 0.441. The average Bonchev–Trinajstić information content (AvgIpc) is 2.24. The van der Waals surface area contributed by atoms with Crippen molar-refractivity contribution >= 4 is 33.5 Å². The minimum Gasteiger partial charge on any atom is -0.492 e. The monoisotopic (exact) mass is 292 g/mol. The minimum absolute atomic E-state index is 0.396. The van der Waals surface area contributed by atoms with Gasteiger partial charge >= 0.3 is 5.97 Å². The van der Waals surface area contributed by atoms with Gasteiger partial charge in [0.2, 0.25) is 0 Å². The van der Waals surface area contributed by atoms with Crippen LogP contribution < -0.4 is 4.74 Å². The van der Waals surface area contributed by atoms with E-state index in [1.807, 2.05) is 0 Å². The van der Waals surface area contributed by atoms with Crippen molar-refractivity contribution in [1.29, 1.82) is 0 Å². The fourth-order valence-electron chi connectivity index (χ4n) is 1.04. The largest absolute Gasteiger partial charge is 0.492 e. The van der Waals surface area contributed by atoms with Gasteiger partial charge in [0, 0.05) is 4.47 Å². The lowest BCUT2D eigenvalue weighted by Gasteiger charge is -2.06. The molecule has 3 nitrogen and oxygen atoms in total. The van der Waals surface area contributed by atoms with E-state index in [1.54, 1.807) is 18.2 Å². The second kappa shape index (κ2) is 5.98. The summed E-state index contributed by atoms with van der Waals surface area (Å²) in [6, 6.07) is 5.04. The first-order valence-electron chi connectivity index (χ1n) is 4.25. The summed E-state index contributed by atoms with van der Waals surface area (Å²) in [7, 11) is 1.34. The molecule has 0 saturated carbocycles. The van der Waals surface area contributed by atoms with Crippen molar-refractivity contribution in [2.45, 2.75) is 0 Å². The van der Waals surface area contributed by atoms with E-state index < -0.39 is 5.97 Å². The Morgan fingerprint density at radius 2 is 2.20 bits per heavy atom. The van der Waals surface area contributed by atoms with E-state index in [0.717, 1.165) is 4.47 Å². The maximum Gasteiger partial charge on any atom is 0.338 e. The Balaban J connectivity index is 2.89. The molecule has 1 aromatic rings. The molecule has 0 N–H and O–H groups in total. The molecule has 5 heteroatoms. The van der Waals surface area contributed by atoms with Crippen molar-refractivity contribution in [3.8, 4) is 5.75 Å². The summed E-state index contributed by atoms with van der Waals surface area (Å²) >= 11 is 8.77. The zero-order valence-corrected chi connectivity index (χ0v) is 10.5. The van der Waals surface area contributed by atoms with Gasteiger partial charge in [-0.25, -0.2) is 4.79 Å². The second-order valence-electron chi connectivity index (χ2n) is 2.70. The number of rotatable bonds is 4. The third-order valence-electron chi connectivity index (χ3n) is 1.64. The van der Waals surface area contributed by atoms with Gasteiger partial charge in [-0.1, -0.05) is 15.9 Å². The van der Waals surface area contributed by atoms with Crippen LogP contribution in [-0.2, 0) is 4.74 Å². The summed E-state index contributed by atoms with van der Waals surface area (Å²) < 4.78 is 10.7. The van der Waals surface area contributed by atoms with Gasteiger partial charge < -0.3 is 9.47 Å². The van der Waals surface area contributed by atoms with Gasteiger partial charge in [-0.2, -0.15) is 0 Å². The molecule has 0 aliphatic heterocycles. The normalized spacial score (nSPS) is 9.80. The summed E-state index contributed by atoms with van der Waals surface area (Å²) in [5.74, 6) is 0.595. The van der Waals surface area contributed by atoms with E-state index in [4.69, 9.17) is 16.3 Å². The van der Waals surface area contributed by atoms with Gasteiger partial charge in [-0.3, -0.25) is 0 Å². The number of esters is 1. The van der Waals surface area contributed by atoms with Gasteiger partial charge in [-0.15, -0.1) is 11.6 Å². The van der Waals surface area contributed by atoms with E-state index in [9.17, 15) is 4.79 Å². The molecule has 82 valence electrons. The van der Waals surface area contributed by atoms with Gasteiger partial charge in [0.05, 0.1) is 18.6 Å². The van der Waals surface area contributed by atoms with Crippen molar-refractivity contribution in [2.24, 2.45) is 0 Å². The molecule has 15 heavy (non-hydrogen) atoms. The topological polar surface area (TPSA) is 35.5 Å². The van der Waals surface area contributed by atoms with Gasteiger partial charge in [-0.05, 0) is 18.2 Å². The van der Waals surface area contributed by atoms with E-state index >= 15 is 0 Å². The molecule has 0 aliphatic carbocycles. The molecular weight excluding hydrogens is 283 g/mol. The molecule has 0 radical (unpaired) electrons. The first-order valence-corrected chi connectivity index (χ1v) is 5.58. The van der Waals surface area contributed by atoms with Crippen LogP contribution in [0.1, 0.15) is 10.4 Å². The first kappa shape index (κ1) is 12.3. The Morgan fingerprint density at radius 3 is 2.80 bits per heavy atom. The molecule has 0 aliphatic rings. The number of ether oxygens (including phenoxy) is 2. The van der Waals surface area contributed by atoms with Gasteiger partial charge in [0.1, 0.15) is 12.4 Å². The SMILES string of the molecule is COC(=O)c1cc(Br)cc(OCCCl)c1. The Morgan fingerprint density at radius 1 is 1.47 bits per heavy atom. The lowest BCUT2D eigenvalue weighted by Crippen LogP contribution is -2.03. The molecule has 1 rings (SSSR count). The van der Waals surface area contributed by atoms with Crippen LogP contribution in [0, 0.1) is 0 Å².